The summed E-state index contributed by atoms with van der Waals surface area (Å²) in [6, 6.07) is 7.79. The minimum absolute atomic E-state index is 0.204. The highest BCUT2D eigenvalue weighted by molar-refractivity contribution is 5.85. The van der Waals surface area contributed by atoms with E-state index in [2.05, 4.69) is 11.1 Å². The molecule has 4 heteroatoms. The number of hydrogen-bond donors (Lipinski definition) is 2. The highest BCUT2D eigenvalue weighted by Gasteiger charge is 2.19. The molecular formula is C13H15N3O. The molecule has 1 aromatic carbocycles. The van der Waals surface area contributed by atoms with Crippen LogP contribution in [0.25, 0.3) is 10.9 Å². The Kier molecular flexibility index (Phi) is 3.03. The molecule has 2 atom stereocenters. The summed E-state index contributed by atoms with van der Waals surface area (Å²) in [5, 5.41) is 10.2. The summed E-state index contributed by atoms with van der Waals surface area (Å²) in [6.45, 7) is 1.84. The van der Waals surface area contributed by atoms with Crippen molar-refractivity contribution < 1.29 is 4.74 Å². The fourth-order valence-electron chi connectivity index (χ4n) is 1.98. The summed E-state index contributed by atoms with van der Waals surface area (Å²) < 4.78 is 5.19. The van der Waals surface area contributed by atoms with Gasteiger partial charge in [0.15, 0.2) is 0 Å². The van der Waals surface area contributed by atoms with E-state index >= 15 is 0 Å². The van der Waals surface area contributed by atoms with E-state index in [-0.39, 0.29) is 12.0 Å². The molecule has 1 heterocycles. The van der Waals surface area contributed by atoms with Gasteiger partial charge in [0, 0.05) is 23.1 Å². The molecule has 1 aromatic heterocycles. The zero-order chi connectivity index (χ0) is 12.4. The first-order valence-corrected chi connectivity index (χ1v) is 5.47. The zero-order valence-electron chi connectivity index (χ0n) is 9.90. The van der Waals surface area contributed by atoms with E-state index in [9.17, 15) is 5.26 Å². The Labute approximate surface area is 100.0 Å². The molecular weight excluding hydrogens is 214 g/mol. The number of nitrogens with zero attached hydrogens (tertiary/aromatic N) is 1. The molecule has 0 amide bonds. The summed E-state index contributed by atoms with van der Waals surface area (Å²) in [5.74, 6) is 0.468. The van der Waals surface area contributed by atoms with Crippen molar-refractivity contribution in [3.63, 3.8) is 0 Å². The van der Waals surface area contributed by atoms with E-state index in [4.69, 9.17) is 10.5 Å². The normalized spacial score (nSPS) is 14.2. The summed E-state index contributed by atoms with van der Waals surface area (Å²) in [7, 11) is 1.63. The predicted octanol–water partition coefficient (Wildman–Crippen LogP) is 2.13. The van der Waals surface area contributed by atoms with E-state index in [1.165, 1.54) is 0 Å². The number of hydrogen-bond acceptors (Lipinski definition) is 3. The van der Waals surface area contributed by atoms with E-state index in [0.717, 1.165) is 22.2 Å². The minimum atomic E-state index is -0.309. The van der Waals surface area contributed by atoms with Crippen molar-refractivity contribution in [2.75, 3.05) is 7.11 Å². The molecule has 0 aliphatic heterocycles. The van der Waals surface area contributed by atoms with Crippen LogP contribution in [0, 0.1) is 11.3 Å². The maximum Gasteiger partial charge on any atom is 0.119 e. The van der Waals surface area contributed by atoms with Gasteiger partial charge in [-0.05, 0) is 30.7 Å². The van der Waals surface area contributed by atoms with Crippen molar-refractivity contribution in [1.82, 2.24) is 4.98 Å². The molecule has 0 bridgehead atoms. The summed E-state index contributed by atoms with van der Waals surface area (Å²) in [6.07, 6.45) is 1.85. The first-order valence-electron chi connectivity index (χ1n) is 5.47. The average Bonchev–Trinajstić information content (AvgIpc) is 2.73. The van der Waals surface area contributed by atoms with Crippen molar-refractivity contribution in [1.29, 1.82) is 5.26 Å². The van der Waals surface area contributed by atoms with E-state index < -0.39 is 0 Å². The number of nitrogens with one attached hydrogen (secondary N) is 1. The van der Waals surface area contributed by atoms with Gasteiger partial charge in [0.1, 0.15) is 5.75 Å². The van der Waals surface area contributed by atoms with Crippen LogP contribution >= 0.6 is 0 Å². The van der Waals surface area contributed by atoms with Crippen LogP contribution in [0.3, 0.4) is 0 Å². The molecule has 0 fully saturated rings. The lowest BCUT2D eigenvalue weighted by atomic mass is 9.94. The van der Waals surface area contributed by atoms with Crippen LogP contribution in [-0.2, 0) is 0 Å². The molecule has 0 spiro atoms. The molecule has 0 unspecified atom stereocenters. The molecule has 2 aromatic rings. The van der Waals surface area contributed by atoms with Gasteiger partial charge in [-0.2, -0.15) is 5.26 Å². The number of benzene rings is 1. The third-order valence-electron chi connectivity index (χ3n) is 2.92. The first kappa shape index (κ1) is 11.5. The molecule has 0 saturated heterocycles. The van der Waals surface area contributed by atoms with Crippen LogP contribution in [0.4, 0.5) is 0 Å². The SMILES string of the molecule is COc1ccc2[nH]cc([C@@H](C#N)[C@@H](C)N)c2c1. The fourth-order valence-corrected chi connectivity index (χ4v) is 1.98. The Balaban J connectivity index is 2.58. The molecule has 0 aliphatic carbocycles. The maximum absolute atomic E-state index is 9.18. The molecule has 0 saturated carbocycles. The van der Waals surface area contributed by atoms with Crippen molar-refractivity contribution in [3.8, 4) is 11.8 Å². The highest BCUT2D eigenvalue weighted by Crippen LogP contribution is 2.29. The highest BCUT2D eigenvalue weighted by atomic mass is 16.5. The van der Waals surface area contributed by atoms with E-state index in [0.29, 0.717) is 0 Å². The van der Waals surface area contributed by atoms with Crippen molar-refractivity contribution in [3.05, 3.63) is 30.0 Å². The number of nitriles is 1. The van der Waals surface area contributed by atoms with Gasteiger partial charge in [-0.25, -0.2) is 0 Å². The zero-order valence-corrected chi connectivity index (χ0v) is 9.90. The lowest BCUT2D eigenvalue weighted by molar-refractivity contribution is 0.415. The number of fused-ring (bicyclic) bond motifs is 1. The molecule has 4 nitrogen and oxygen atoms in total. The molecule has 2 rings (SSSR count). The Bertz CT molecular complexity index is 566. The topological polar surface area (TPSA) is 74.8 Å². The number of rotatable bonds is 3. The number of methoxy groups -OCH3 is 1. The van der Waals surface area contributed by atoms with Crippen molar-refractivity contribution in [2.24, 2.45) is 5.73 Å². The molecule has 3 N–H and O–H groups in total. The summed E-state index contributed by atoms with van der Waals surface area (Å²) in [4.78, 5) is 3.15. The van der Waals surface area contributed by atoms with Crippen LogP contribution in [0.2, 0.25) is 0 Å². The van der Waals surface area contributed by atoms with Crippen LogP contribution in [0.15, 0.2) is 24.4 Å². The smallest absolute Gasteiger partial charge is 0.119 e. The lowest BCUT2D eigenvalue weighted by Crippen LogP contribution is -2.23. The van der Waals surface area contributed by atoms with Gasteiger partial charge in [0.25, 0.3) is 0 Å². The quantitative estimate of drug-likeness (QED) is 0.846. The van der Waals surface area contributed by atoms with Gasteiger partial charge in [0.2, 0.25) is 0 Å². The third kappa shape index (κ3) is 1.97. The Hall–Kier alpha value is -1.99. The number of aromatic amines is 1. The fraction of sp³-hybridized carbons (Fsp3) is 0.308. The van der Waals surface area contributed by atoms with Gasteiger partial charge in [-0.1, -0.05) is 0 Å². The number of ether oxygens (including phenoxy) is 1. The van der Waals surface area contributed by atoms with Gasteiger partial charge >= 0.3 is 0 Å². The maximum atomic E-state index is 9.18. The minimum Gasteiger partial charge on any atom is -0.497 e. The average molecular weight is 229 g/mol. The van der Waals surface area contributed by atoms with Crippen LogP contribution in [-0.4, -0.2) is 18.1 Å². The van der Waals surface area contributed by atoms with Crippen molar-refractivity contribution in [2.45, 2.75) is 18.9 Å². The second-order valence-corrected chi connectivity index (χ2v) is 4.12. The van der Waals surface area contributed by atoms with Crippen LogP contribution in [0.1, 0.15) is 18.4 Å². The molecule has 17 heavy (non-hydrogen) atoms. The Morgan fingerprint density at radius 1 is 1.47 bits per heavy atom. The van der Waals surface area contributed by atoms with Crippen molar-refractivity contribution >= 4 is 10.9 Å². The second-order valence-electron chi connectivity index (χ2n) is 4.12. The summed E-state index contributed by atoms with van der Waals surface area (Å²) in [5.41, 5.74) is 7.75. The monoisotopic (exact) mass is 229 g/mol. The standard InChI is InChI=1S/C13H15N3O/c1-8(15)11(6-14)12-7-16-13-4-3-9(17-2)5-10(12)13/h3-5,7-8,11,16H,15H2,1-2H3/t8-,11+/m1/s1. The molecule has 0 aliphatic rings. The van der Waals surface area contributed by atoms with Gasteiger partial charge in [-0.15, -0.1) is 0 Å². The van der Waals surface area contributed by atoms with Gasteiger partial charge in [-0.3, -0.25) is 0 Å². The van der Waals surface area contributed by atoms with E-state index in [1.807, 2.05) is 31.3 Å². The summed E-state index contributed by atoms with van der Waals surface area (Å²) >= 11 is 0. The Morgan fingerprint density at radius 3 is 2.82 bits per heavy atom. The molecule has 88 valence electrons. The van der Waals surface area contributed by atoms with Crippen LogP contribution in [0.5, 0.6) is 5.75 Å². The van der Waals surface area contributed by atoms with Gasteiger partial charge < -0.3 is 15.5 Å². The lowest BCUT2D eigenvalue weighted by Gasteiger charge is -2.12. The number of H-pyrrole nitrogens is 1. The third-order valence-corrected chi connectivity index (χ3v) is 2.92. The second kappa shape index (κ2) is 4.48. The largest absolute Gasteiger partial charge is 0.497 e. The van der Waals surface area contributed by atoms with Gasteiger partial charge in [0.05, 0.1) is 19.1 Å². The molecule has 0 radical (unpaired) electrons. The predicted molar refractivity (Wildman–Crippen MR) is 66.9 cm³/mol. The first-order chi connectivity index (χ1) is 8.17. The van der Waals surface area contributed by atoms with E-state index in [1.54, 1.807) is 7.11 Å². The Morgan fingerprint density at radius 2 is 2.24 bits per heavy atom. The van der Waals surface area contributed by atoms with Crippen LogP contribution < -0.4 is 10.5 Å². The number of aromatic nitrogens is 1. The number of nitrogens with two attached hydrogens (primary N) is 1.